The van der Waals surface area contributed by atoms with Gasteiger partial charge in [0.1, 0.15) is 0 Å². The molecular formula is C14H16ClNO6. The molecule has 1 rings (SSSR count). The molecule has 0 bridgehead atoms. The smallest absolute Gasteiger partial charge is 0.306 e. The van der Waals surface area contributed by atoms with E-state index in [1.807, 2.05) is 0 Å². The molecule has 0 aliphatic heterocycles. The zero-order valence-electron chi connectivity index (χ0n) is 12.2. The van der Waals surface area contributed by atoms with E-state index in [0.29, 0.717) is 10.6 Å². The summed E-state index contributed by atoms with van der Waals surface area (Å²) in [5.41, 5.74) is -0.904. The fraction of sp³-hybridized carbons (Fsp3) is 0.429. The van der Waals surface area contributed by atoms with Crippen molar-refractivity contribution in [3.8, 4) is 0 Å². The number of rotatable bonds is 7. The topological polar surface area (TPSA) is 95.7 Å². The Kier molecular flexibility index (Phi) is 6.30. The minimum Gasteiger partial charge on any atom is -0.469 e. The molecule has 0 N–H and O–H groups in total. The lowest BCUT2D eigenvalue weighted by atomic mass is 9.74. The van der Waals surface area contributed by atoms with Crippen LogP contribution < -0.4 is 0 Å². The molecule has 7 nitrogen and oxygen atoms in total. The molecule has 0 saturated heterocycles. The molecule has 0 atom stereocenters. The van der Waals surface area contributed by atoms with Gasteiger partial charge in [-0.3, -0.25) is 19.7 Å². The predicted octanol–water partition coefficient (Wildman–Crippen LogP) is 1.98. The van der Waals surface area contributed by atoms with Gasteiger partial charge in [-0.25, -0.2) is 0 Å². The van der Waals surface area contributed by atoms with E-state index in [1.54, 1.807) is 24.3 Å². The summed E-state index contributed by atoms with van der Waals surface area (Å²) in [4.78, 5) is 33.9. The first-order valence-electron chi connectivity index (χ1n) is 6.34. The van der Waals surface area contributed by atoms with Crippen LogP contribution >= 0.6 is 11.6 Å². The van der Waals surface area contributed by atoms with Crippen molar-refractivity contribution >= 4 is 23.5 Å². The number of esters is 2. The van der Waals surface area contributed by atoms with Gasteiger partial charge >= 0.3 is 11.9 Å². The van der Waals surface area contributed by atoms with Crippen molar-refractivity contribution in [1.82, 2.24) is 0 Å². The van der Waals surface area contributed by atoms with Crippen molar-refractivity contribution in [2.75, 3.05) is 20.8 Å². The van der Waals surface area contributed by atoms with Gasteiger partial charge < -0.3 is 9.47 Å². The first-order valence-corrected chi connectivity index (χ1v) is 6.72. The number of nitro groups is 1. The minimum atomic E-state index is -1.35. The van der Waals surface area contributed by atoms with Gasteiger partial charge in [0.15, 0.2) is 0 Å². The van der Waals surface area contributed by atoms with Gasteiger partial charge in [-0.15, -0.1) is 0 Å². The summed E-state index contributed by atoms with van der Waals surface area (Å²) in [6, 6.07) is 6.19. The molecule has 8 heteroatoms. The largest absolute Gasteiger partial charge is 0.469 e. The van der Waals surface area contributed by atoms with E-state index in [2.05, 4.69) is 9.47 Å². The standard InChI is InChI=1S/C14H16ClNO6/c1-21-12(17)7-14(9-16(19)20,8-13(18)22-2)10-3-5-11(15)6-4-10/h3-6H,7-9H2,1-2H3. The van der Waals surface area contributed by atoms with Gasteiger partial charge in [-0.1, -0.05) is 23.7 Å². The Hall–Kier alpha value is -2.15. The molecule has 0 amide bonds. The third kappa shape index (κ3) is 4.70. The second kappa shape index (κ2) is 7.74. The van der Waals surface area contributed by atoms with Crippen molar-refractivity contribution in [1.29, 1.82) is 0 Å². The number of carbonyl (C=O) groups is 2. The number of ether oxygens (including phenoxy) is 2. The Balaban J connectivity index is 3.33. The molecule has 0 saturated carbocycles. The van der Waals surface area contributed by atoms with Crippen LogP contribution in [0.2, 0.25) is 5.02 Å². The maximum absolute atomic E-state index is 11.7. The van der Waals surface area contributed by atoms with Crippen LogP contribution in [-0.4, -0.2) is 37.6 Å². The number of nitrogens with zero attached hydrogens (tertiary/aromatic N) is 1. The second-order valence-electron chi connectivity index (χ2n) is 4.78. The van der Waals surface area contributed by atoms with Gasteiger partial charge in [0, 0.05) is 9.95 Å². The van der Waals surface area contributed by atoms with E-state index < -0.39 is 28.8 Å². The number of benzene rings is 1. The van der Waals surface area contributed by atoms with Crippen LogP contribution in [0.1, 0.15) is 18.4 Å². The molecule has 0 heterocycles. The van der Waals surface area contributed by atoms with E-state index in [4.69, 9.17) is 11.6 Å². The molecule has 1 aromatic rings. The van der Waals surface area contributed by atoms with Crippen LogP contribution in [-0.2, 0) is 24.5 Å². The number of hydrogen-bond donors (Lipinski definition) is 0. The van der Waals surface area contributed by atoms with Crippen LogP contribution in [0.5, 0.6) is 0 Å². The highest BCUT2D eigenvalue weighted by molar-refractivity contribution is 6.30. The average molecular weight is 330 g/mol. The maximum Gasteiger partial charge on any atom is 0.306 e. The fourth-order valence-electron chi connectivity index (χ4n) is 2.22. The number of carbonyl (C=O) groups excluding carboxylic acids is 2. The Morgan fingerprint density at radius 1 is 1.14 bits per heavy atom. The molecule has 0 aromatic heterocycles. The summed E-state index contributed by atoms with van der Waals surface area (Å²) >= 11 is 5.82. The summed E-state index contributed by atoms with van der Waals surface area (Å²) in [5.74, 6) is -1.30. The molecule has 22 heavy (non-hydrogen) atoms. The number of hydrogen-bond acceptors (Lipinski definition) is 6. The van der Waals surface area contributed by atoms with E-state index in [9.17, 15) is 19.7 Å². The average Bonchev–Trinajstić information content (AvgIpc) is 2.46. The summed E-state index contributed by atoms with van der Waals surface area (Å²) in [6.07, 6.45) is -0.636. The molecule has 120 valence electrons. The van der Waals surface area contributed by atoms with Crippen LogP contribution in [0.25, 0.3) is 0 Å². The Labute approximate surface area is 132 Å². The van der Waals surface area contributed by atoms with Gasteiger partial charge in [0.05, 0.1) is 32.5 Å². The van der Waals surface area contributed by atoms with Crippen LogP contribution in [0, 0.1) is 10.1 Å². The van der Waals surface area contributed by atoms with E-state index in [1.165, 1.54) is 14.2 Å². The summed E-state index contributed by atoms with van der Waals surface area (Å²) in [5, 5.41) is 11.5. The normalized spacial score (nSPS) is 10.9. The number of halogens is 1. The van der Waals surface area contributed by atoms with Crippen molar-refractivity contribution in [2.45, 2.75) is 18.3 Å². The third-order valence-corrected chi connectivity index (χ3v) is 3.56. The molecule has 0 unspecified atom stereocenters. The lowest BCUT2D eigenvalue weighted by Crippen LogP contribution is -2.39. The summed E-state index contributed by atoms with van der Waals surface area (Å²) in [7, 11) is 2.36. The van der Waals surface area contributed by atoms with Gasteiger partial charge in [-0.05, 0) is 17.7 Å². The van der Waals surface area contributed by atoms with Crippen LogP contribution in [0.4, 0.5) is 0 Å². The van der Waals surface area contributed by atoms with Crippen molar-refractivity contribution in [3.05, 3.63) is 45.0 Å². The van der Waals surface area contributed by atoms with Crippen molar-refractivity contribution < 1.29 is 24.0 Å². The molecular weight excluding hydrogens is 314 g/mol. The predicted molar refractivity (Wildman–Crippen MR) is 78.3 cm³/mol. The first-order chi connectivity index (χ1) is 10.3. The molecule has 1 aromatic carbocycles. The summed E-state index contributed by atoms with van der Waals surface area (Å²) in [6.45, 7) is -0.612. The minimum absolute atomic E-state index is 0.318. The van der Waals surface area contributed by atoms with E-state index >= 15 is 0 Å². The first kappa shape index (κ1) is 17.9. The lowest BCUT2D eigenvalue weighted by Gasteiger charge is -2.28. The molecule has 0 spiro atoms. The maximum atomic E-state index is 11.7. The Morgan fingerprint density at radius 2 is 1.59 bits per heavy atom. The van der Waals surface area contributed by atoms with E-state index in [0.717, 1.165) is 0 Å². The molecule has 0 fully saturated rings. The van der Waals surface area contributed by atoms with Crippen LogP contribution in [0.15, 0.2) is 24.3 Å². The van der Waals surface area contributed by atoms with Crippen molar-refractivity contribution in [2.24, 2.45) is 0 Å². The monoisotopic (exact) mass is 329 g/mol. The van der Waals surface area contributed by atoms with Gasteiger partial charge in [-0.2, -0.15) is 0 Å². The molecule has 0 aliphatic carbocycles. The van der Waals surface area contributed by atoms with E-state index in [-0.39, 0.29) is 12.8 Å². The second-order valence-corrected chi connectivity index (χ2v) is 5.22. The molecule has 0 aliphatic rings. The quantitative estimate of drug-likeness (QED) is 0.431. The van der Waals surface area contributed by atoms with Gasteiger partial charge in [0.25, 0.3) is 0 Å². The highest BCUT2D eigenvalue weighted by Gasteiger charge is 2.42. The third-order valence-electron chi connectivity index (χ3n) is 3.31. The highest BCUT2D eigenvalue weighted by atomic mass is 35.5. The highest BCUT2D eigenvalue weighted by Crippen LogP contribution is 2.34. The summed E-state index contributed by atoms with van der Waals surface area (Å²) < 4.78 is 9.22. The molecule has 0 radical (unpaired) electrons. The Bertz CT molecular complexity index is 539. The zero-order chi connectivity index (χ0) is 16.8. The van der Waals surface area contributed by atoms with Crippen molar-refractivity contribution in [3.63, 3.8) is 0 Å². The lowest BCUT2D eigenvalue weighted by molar-refractivity contribution is -0.491. The Morgan fingerprint density at radius 3 is 1.95 bits per heavy atom. The van der Waals surface area contributed by atoms with Gasteiger partial charge in [0.2, 0.25) is 6.54 Å². The van der Waals surface area contributed by atoms with Crippen LogP contribution in [0.3, 0.4) is 0 Å². The number of methoxy groups -OCH3 is 2. The zero-order valence-corrected chi connectivity index (χ0v) is 13.0. The fourth-order valence-corrected chi connectivity index (χ4v) is 2.34. The SMILES string of the molecule is COC(=O)CC(CC(=O)OC)(C[N+](=O)[O-])c1ccc(Cl)cc1.